The van der Waals surface area contributed by atoms with E-state index in [1.807, 2.05) is 32.0 Å². The van der Waals surface area contributed by atoms with Gasteiger partial charge in [-0.2, -0.15) is 4.39 Å². The molecule has 0 fully saturated rings. The molecule has 6 nitrogen and oxygen atoms in total. The number of carbonyl (C=O) groups is 1. The predicted octanol–water partition coefficient (Wildman–Crippen LogP) is 3.43. The topological polar surface area (TPSA) is 63.7 Å². The van der Waals surface area contributed by atoms with E-state index in [-0.39, 0.29) is 6.03 Å². The Morgan fingerprint density at radius 3 is 2.84 bits per heavy atom. The largest absolute Gasteiger partial charge is 0.497 e. The van der Waals surface area contributed by atoms with Gasteiger partial charge in [0.1, 0.15) is 17.1 Å². The Hall–Kier alpha value is -2.83. The average molecular weight is 345 g/mol. The van der Waals surface area contributed by atoms with E-state index < -0.39 is 11.5 Å². The molecule has 0 saturated heterocycles. The summed E-state index contributed by atoms with van der Waals surface area (Å²) in [6, 6.07) is 7.91. The van der Waals surface area contributed by atoms with E-state index >= 15 is 0 Å². The maximum absolute atomic E-state index is 12.9. The minimum atomic E-state index is -0.592. The maximum atomic E-state index is 12.9. The van der Waals surface area contributed by atoms with Gasteiger partial charge in [0.2, 0.25) is 5.95 Å². The highest BCUT2D eigenvalue weighted by Crippen LogP contribution is 2.32. The Bertz CT molecular complexity index is 778. The van der Waals surface area contributed by atoms with Gasteiger partial charge in [-0.3, -0.25) is 0 Å². The maximum Gasteiger partial charge on any atom is 0.322 e. The molecule has 1 aliphatic rings. The van der Waals surface area contributed by atoms with Crippen LogP contribution in [0.1, 0.15) is 19.4 Å². The van der Waals surface area contributed by atoms with Gasteiger partial charge in [0, 0.05) is 11.6 Å². The summed E-state index contributed by atoms with van der Waals surface area (Å²) in [4.78, 5) is 17.8. The number of benzene rings is 1. The Morgan fingerprint density at radius 1 is 1.36 bits per heavy atom. The van der Waals surface area contributed by atoms with Gasteiger partial charge in [0.15, 0.2) is 0 Å². The van der Waals surface area contributed by atoms with Gasteiger partial charge in [0.25, 0.3) is 0 Å². The lowest BCUT2D eigenvalue weighted by Gasteiger charge is -2.29. The smallest absolute Gasteiger partial charge is 0.322 e. The number of methoxy groups -OCH3 is 1. The molecule has 0 spiro atoms. The Balaban J connectivity index is 1.83. The third kappa shape index (κ3) is 3.99. The number of urea groups is 1. The molecule has 0 radical (unpaired) electrons. The van der Waals surface area contributed by atoms with E-state index in [1.165, 1.54) is 18.3 Å². The minimum absolute atomic E-state index is 0.297. The molecular formula is C18H20FN3O3. The number of carbonyl (C=O) groups excluding carboxylic acids is 1. The number of pyridine rings is 1. The molecule has 0 atom stereocenters. The number of fused-ring (bicyclic) bond motifs is 1. The lowest BCUT2D eigenvalue weighted by Crippen LogP contribution is -2.44. The average Bonchev–Trinajstić information content (AvgIpc) is 2.70. The Labute approximate surface area is 145 Å². The molecule has 0 bridgehead atoms. The number of ether oxygens (including phenoxy) is 2. The lowest BCUT2D eigenvalue weighted by atomic mass is 10.1. The summed E-state index contributed by atoms with van der Waals surface area (Å²) in [5, 5.41) is 2.74. The first-order valence-corrected chi connectivity index (χ1v) is 7.90. The Morgan fingerprint density at radius 2 is 2.16 bits per heavy atom. The third-order valence-electron chi connectivity index (χ3n) is 3.86. The van der Waals surface area contributed by atoms with Crippen LogP contribution in [0.2, 0.25) is 0 Å². The minimum Gasteiger partial charge on any atom is -0.497 e. The van der Waals surface area contributed by atoms with Crippen LogP contribution in [0, 0.1) is 5.95 Å². The fourth-order valence-corrected chi connectivity index (χ4v) is 2.73. The Kier molecular flexibility index (Phi) is 4.48. The summed E-state index contributed by atoms with van der Waals surface area (Å²) in [5.41, 5.74) is 0.749. The number of hydrogen-bond donors (Lipinski definition) is 1. The van der Waals surface area contributed by atoms with Gasteiger partial charge >= 0.3 is 6.03 Å². The number of nitrogens with zero attached hydrogens (tertiary/aromatic N) is 2. The molecule has 2 aromatic rings. The van der Waals surface area contributed by atoms with Gasteiger partial charge in [-0.1, -0.05) is 0 Å². The molecule has 0 aliphatic carbocycles. The molecule has 25 heavy (non-hydrogen) atoms. The number of anilines is 1. The quantitative estimate of drug-likeness (QED) is 0.847. The van der Waals surface area contributed by atoms with E-state index in [0.717, 1.165) is 5.56 Å². The summed E-state index contributed by atoms with van der Waals surface area (Å²) in [7, 11) is 1.60. The molecule has 0 unspecified atom stereocenters. The van der Waals surface area contributed by atoms with Crippen LogP contribution in [-0.2, 0) is 6.54 Å². The van der Waals surface area contributed by atoms with Gasteiger partial charge in [-0.25, -0.2) is 9.78 Å². The highest BCUT2D eigenvalue weighted by Gasteiger charge is 2.31. The zero-order valence-corrected chi connectivity index (χ0v) is 14.4. The number of hydrogen-bond acceptors (Lipinski definition) is 4. The molecule has 0 saturated carbocycles. The van der Waals surface area contributed by atoms with Crippen LogP contribution in [0.15, 0.2) is 36.5 Å². The number of aromatic nitrogens is 1. The number of amides is 2. The van der Waals surface area contributed by atoms with Crippen LogP contribution < -0.4 is 14.8 Å². The van der Waals surface area contributed by atoms with Crippen molar-refractivity contribution in [3.63, 3.8) is 0 Å². The van der Waals surface area contributed by atoms with Crippen molar-refractivity contribution in [1.29, 1.82) is 0 Å². The lowest BCUT2D eigenvalue weighted by molar-refractivity contribution is 0.0833. The van der Waals surface area contributed by atoms with Crippen molar-refractivity contribution in [2.75, 3.05) is 19.0 Å². The van der Waals surface area contributed by atoms with E-state index in [4.69, 9.17) is 9.47 Å². The van der Waals surface area contributed by atoms with E-state index in [1.54, 1.807) is 12.0 Å². The fourth-order valence-electron chi connectivity index (χ4n) is 2.73. The number of nitrogens with one attached hydrogen (secondary N) is 1. The predicted molar refractivity (Wildman–Crippen MR) is 91.3 cm³/mol. The van der Waals surface area contributed by atoms with Crippen LogP contribution >= 0.6 is 0 Å². The molecule has 3 rings (SSSR count). The summed E-state index contributed by atoms with van der Waals surface area (Å²) >= 11 is 0. The van der Waals surface area contributed by atoms with Crippen LogP contribution in [0.3, 0.4) is 0 Å². The SMILES string of the molecule is COc1ccc2c(c1)OC(C)(C)CN(C(=O)Nc1ccc(F)nc1)C2. The molecule has 1 aromatic carbocycles. The first kappa shape index (κ1) is 17.0. The zero-order valence-electron chi connectivity index (χ0n) is 14.4. The highest BCUT2D eigenvalue weighted by atomic mass is 19.1. The second-order valence-corrected chi connectivity index (χ2v) is 6.49. The van der Waals surface area contributed by atoms with Crippen molar-refractivity contribution in [3.05, 3.63) is 48.0 Å². The molecule has 1 aromatic heterocycles. The first-order valence-electron chi connectivity index (χ1n) is 7.90. The van der Waals surface area contributed by atoms with Crippen molar-refractivity contribution < 1.29 is 18.7 Å². The molecule has 7 heteroatoms. The number of halogens is 1. The standard InChI is InChI=1S/C18H20FN3O3/c1-18(2)11-22(17(23)21-13-5-7-16(19)20-9-13)10-12-4-6-14(24-3)8-15(12)25-18/h4-9H,10-11H2,1-3H3,(H,21,23). The van der Waals surface area contributed by atoms with E-state index in [9.17, 15) is 9.18 Å². The molecule has 132 valence electrons. The van der Waals surface area contributed by atoms with Crippen molar-refractivity contribution in [3.8, 4) is 11.5 Å². The third-order valence-corrected chi connectivity index (χ3v) is 3.86. The van der Waals surface area contributed by atoms with E-state index in [0.29, 0.717) is 30.3 Å². The van der Waals surface area contributed by atoms with Crippen molar-refractivity contribution in [2.45, 2.75) is 26.0 Å². The van der Waals surface area contributed by atoms with Crippen molar-refractivity contribution in [2.24, 2.45) is 0 Å². The molecular weight excluding hydrogens is 325 g/mol. The van der Waals surface area contributed by atoms with Gasteiger partial charge in [-0.05, 0) is 38.1 Å². The van der Waals surface area contributed by atoms with Crippen LogP contribution in [-0.4, -0.2) is 35.2 Å². The molecule has 2 heterocycles. The van der Waals surface area contributed by atoms with Crippen molar-refractivity contribution >= 4 is 11.7 Å². The summed E-state index contributed by atoms with van der Waals surface area (Å²) in [6.45, 7) is 4.62. The summed E-state index contributed by atoms with van der Waals surface area (Å²) < 4.78 is 24.2. The second kappa shape index (κ2) is 6.58. The monoisotopic (exact) mass is 345 g/mol. The van der Waals surface area contributed by atoms with Gasteiger partial charge in [-0.15, -0.1) is 0 Å². The van der Waals surface area contributed by atoms with Crippen LogP contribution in [0.4, 0.5) is 14.9 Å². The normalized spacial score (nSPS) is 15.6. The molecule has 1 N–H and O–H groups in total. The summed E-state index contributed by atoms with van der Waals surface area (Å²) in [5.74, 6) is 0.804. The second-order valence-electron chi connectivity index (χ2n) is 6.49. The number of rotatable bonds is 2. The van der Waals surface area contributed by atoms with Crippen LogP contribution in [0.5, 0.6) is 11.5 Å². The van der Waals surface area contributed by atoms with Crippen LogP contribution in [0.25, 0.3) is 0 Å². The summed E-state index contributed by atoms with van der Waals surface area (Å²) in [6.07, 6.45) is 1.28. The molecule has 1 aliphatic heterocycles. The van der Waals surface area contributed by atoms with Gasteiger partial charge in [0.05, 0.1) is 32.1 Å². The zero-order chi connectivity index (χ0) is 18.0. The fraction of sp³-hybridized carbons (Fsp3) is 0.333. The molecule has 2 amide bonds. The first-order chi connectivity index (χ1) is 11.9. The van der Waals surface area contributed by atoms with Gasteiger partial charge < -0.3 is 19.7 Å². The van der Waals surface area contributed by atoms with Crippen molar-refractivity contribution in [1.82, 2.24) is 9.88 Å². The highest BCUT2D eigenvalue weighted by molar-refractivity contribution is 5.89. The van der Waals surface area contributed by atoms with E-state index in [2.05, 4.69) is 10.3 Å².